The summed E-state index contributed by atoms with van der Waals surface area (Å²) in [5, 5.41) is 17.2. The summed E-state index contributed by atoms with van der Waals surface area (Å²) in [6, 6.07) is 3.16. The first-order valence-corrected chi connectivity index (χ1v) is 12.1. The Morgan fingerprint density at radius 1 is 1.27 bits per heavy atom. The summed E-state index contributed by atoms with van der Waals surface area (Å²) in [6.45, 7) is 0.989. The highest BCUT2D eigenvalue weighted by Crippen LogP contribution is 2.57. The van der Waals surface area contributed by atoms with E-state index in [0.29, 0.717) is 40.9 Å². The third-order valence-corrected chi connectivity index (χ3v) is 7.39. The third kappa shape index (κ3) is 4.81. The number of ether oxygens (including phenoxy) is 2. The van der Waals surface area contributed by atoms with Crippen molar-refractivity contribution in [1.29, 1.82) is 0 Å². The van der Waals surface area contributed by atoms with E-state index in [0.717, 1.165) is 19.3 Å². The molecule has 0 radical (unpaired) electrons. The minimum absolute atomic E-state index is 0.0829. The molecule has 4 aliphatic rings. The molecule has 14 heteroatoms. The van der Waals surface area contributed by atoms with E-state index in [4.69, 9.17) is 4.74 Å². The van der Waals surface area contributed by atoms with Crippen molar-refractivity contribution in [3.05, 3.63) is 35.4 Å². The number of aryl methyl sites for hydroxylation is 1. The standard InChI is InChI=1S/C23H25F4N7O3/c1-11-9-34-17(4-14(33-34)10-36-23(25,26)27)20(28-11)29-19-5-16(31-32-19)13-2-15(24)18(3-13)37-21(35)30-22-6-12(7-22)8-22/h4-5,9,12-13,15,18H,2-3,6-8,10H2,1H3,(H,30,35)(H2,28,29,31,32)/t12?,13-,15+,18-,22?/m0/s1. The van der Waals surface area contributed by atoms with Crippen LogP contribution in [0.15, 0.2) is 18.3 Å². The molecule has 37 heavy (non-hydrogen) atoms. The summed E-state index contributed by atoms with van der Waals surface area (Å²) in [5.74, 6) is 1.21. The largest absolute Gasteiger partial charge is 0.522 e. The number of halogens is 4. The second-order valence-electron chi connectivity index (χ2n) is 10.3. The number of amides is 1. The second kappa shape index (κ2) is 8.57. The van der Waals surface area contributed by atoms with Gasteiger partial charge in [0.1, 0.15) is 24.4 Å². The van der Waals surface area contributed by atoms with Crippen LogP contribution in [0, 0.1) is 12.8 Å². The molecule has 0 saturated heterocycles. The van der Waals surface area contributed by atoms with Gasteiger partial charge < -0.3 is 15.4 Å². The molecule has 10 nitrogen and oxygen atoms in total. The van der Waals surface area contributed by atoms with Crippen LogP contribution in [0.1, 0.15) is 55.1 Å². The predicted molar refractivity (Wildman–Crippen MR) is 121 cm³/mol. The number of aromatic amines is 1. The van der Waals surface area contributed by atoms with Crippen molar-refractivity contribution in [2.45, 2.75) is 75.7 Å². The van der Waals surface area contributed by atoms with Crippen molar-refractivity contribution in [1.82, 2.24) is 30.1 Å². The van der Waals surface area contributed by atoms with Gasteiger partial charge in [-0.15, -0.1) is 13.2 Å². The van der Waals surface area contributed by atoms with E-state index < -0.39 is 31.3 Å². The molecule has 1 amide bonds. The maximum atomic E-state index is 14.7. The number of hydrogen-bond acceptors (Lipinski definition) is 7. The maximum Gasteiger partial charge on any atom is 0.522 e. The first-order valence-electron chi connectivity index (χ1n) is 12.1. The molecule has 0 unspecified atom stereocenters. The van der Waals surface area contributed by atoms with E-state index in [1.54, 1.807) is 19.2 Å². The van der Waals surface area contributed by atoms with Crippen molar-refractivity contribution in [2.75, 3.05) is 5.32 Å². The van der Waals surface area contributed by atoms with Crippen LogP contribution in [0.25, 0.3) is 5.52 Å². The first-order chi connectivity index (χ1) is 17.5. The minimum Gasteiger partial charge on any atom is -0.443 e. The molecule has 0 aromatic carbocycles. The summed E-state index contributed by atoms with van der Waals surface area (Å²) < 4.78 is 62.6. The van der Waals surface area contributed by atoms with Crippen LogP contribution in [0.4, 0.5) is 34.0 Å². The topological polar surface area (TPSA) is 118 Å². The zero-order chi connectivity index (χ0) is 25.9. The lowest BCUT2D eigenvalue weighted by atomic mass is 9.50. The zero-order valence-corrected chi connectivity index (χ0v) is 19.8. The van der Waals surface area contributed by atoms with Crippen LogP contribution in [-0.2, 0) is 16.1 Å². The lowest BCUT2D eigenvalue weighted by Gasteiger charge is -2.61. The number of rotatable bonds is 7. The Labute approximate surface area is 208 Å². The smallest absolute Gasteiger partial charge is 0.443 e. The molecule has 3 atom stereocenters. The number of nitrogens with one attached hydrogen (secondary N) is 3. The quantitative estimate of drug-likeness (QED) is 0.393. The van der Waals surface area contributed by atoms with E-state index in [2.05, 4.69) is 35.7 Å². The molecule has 4 aliphatic carbocycles. The number of carbonyl (C=O) groups is 1. The van der Waals surface area contributed by atoms with Crippen LogP contribution in [-0.4, -0.2) is 55.1 Å². The van der Waals surface area contributed by atoms with Gasteiger partial charge in [0.15, 0.2) is 11.6 Å². The molecule has 4 saturated carbocycles. The molecule has 3 aromatic heterocycles. The lowest BCUT2D eigenvalue weighted by molar-refractivity contribution is -0.330. The molecule has 0 aliphatic heterocycles. The van der Waals surface area contributed by atoms with E-state index in [9.17, 15) is 22.4 Å². The Morgan fingerprint density at radius 3 is 2.76 bits per heavy atom. The van der Waals surface area contributed by atoms with E-state index in [1.807, 2.05) is 0 Å². The molecular weight excluding hydrogens is 498 g/mol. The number of carbonyl (C=O) groups excluding carboxylic acids is 1. The normalized spacial score (nSPS) is 28.6. The van der Waals surface area contributed by atoms with Gasteiger partial charge in [-0.3, -0.25) is 9.84 Å². The molecule has 2 bridgehead atoms. The van der Waals surface area contributed by atoms with Crippen molar-refractivity contribution in [3.8, 4) is 0 Å². The van der Waals surface area contributed by atoms with Gasteiger partial charge in [0.25, 0.3) is 0 Å². The van der Waals surface area contributed by atoms with Crippen molar-refractivity contribution < 1.29 is 31.8 Å². The molecule has 3 aromatic rings. The SMILES string of the molecule is Cc1cn2nc(COC(F)(F)F)cc2c(Nc2cc([C@H]3C[C@@H](F)[C@@H](OC(=O)NC45CC(C4)C5)C3)[nH]n2)n1. The van der Waals surface area contributed by atoms with Gasteiger partial charge in [-0.1, -0.05) is 0 Å². The minimum atomic E-state index is -4.76. The lowest BCUT2D eigenvalue weighted by Crippen LogP contribution is -2.68. The van der Waals surface area contributed by atoms with Gasteiger partial charge >= 0.3 is 12.5 Å². The van der Waals surface area contributed by atoms with Crippen LogP contribution in [0.5, 0.6) is 0 Å². The Balaban J connectivity index is 1.11. The molecule has 3 N–H and O–H groups in total. The Morgan fingerprint density at radius 2 is 2.05 bits per heavy atom. The molecule has 3 heterocycles. The summed E-state index contributed by atoms with van der Waals surface area (Å²) in [7, 11) is 0. The van der Waals surface area contributed by atoms with Crippen molar-refractivity contribution in [2.24, 2.45) is 5.92 Å². The number of aromatic nitrogens is 5. The number of alkyl carbamates (subject to hydrolysis) is 1. The Bertz CT molecular complexity index is 1320. The number of hydrogen-bond donors (Lipinski definition) is 3. The van der Waals surface area contributed by atoms with E-state index in [-0.39, 0.29) is 23.6 Å². The number of anilines is 2. The van der Waals surface area contributed by atoms with Gasteiger partial charge in [0, 0.05) is 23.2 Å². The summed E-state index contributed by atoms with van der Waals surface area (Å²) in [4.78, 5) is 16.7. The highest BCUT2D eigenvalue weighted by atomic mass is 19.4. The van der Waals surface area contributed by atoms with Crippen LogP contribution < -0.4 is 10.6 Å². The van der Waals surface area contributed by atoms with Gasteiger partial charge in [-0.25, -0.2) is 18.7 Å². The summed E-state index contributed by atoms with van der Waals surface area (Å²) >= 11 is 0. The Hall–Kier alpha value is -3.42. The van der Waals surface area contributed by atoms with Gasteiger partial charge in [0.05, 0.1) is 17.6 Å². The molecule has 4 fully saturated rings. The van der Waals surface area contributed by atoms with Crippen LogP contribution >= 0.6 is 0 Å². The summed E-state index contributed by atoms with van der Waals surface area (Å²) in [6.07, 6.45) is -2.43. The fourth-order valence-corrected chi connectivity index (χ4v) is 5.55. The molecule has 0 spiro atoms. The maximum absolute atomic E-state index is 14.7. The van der Waals surface area contributed by atoms with Gasteiger partial charge in [-0.2, -0.15) is 10.2 Å². The first kappa shape index (κ1) is 23.9. The monoisotopic (exact) mass is 523 g/mol. The van der Waals surface area contributed by atoms with E-state index >= 15 is 0 Å². The van der Waals surface area contributed by atoms with Gasteiger partial charge in [0.2, 0.25) is 0 Å². The fourth-order valence-electron chi connectivity index (χ4n) is 5.55. The van der Waals surface area contributed by atoms with Crippen molar-refractivity contribution >= 4 is 23.2 Å². The van der Waals surface area contributed by atoms with E-state index in [1.165, 1.54) is 10.6 Å². The van der Waals surface area contributed by atoms with Gasteiger partial charge in [-0.05, 0) is 51.0 Å². The fraction of sp³-hybridized carbons (Fsp3) is 0.565. The molecule has 7 rings (SSSR count). The summed E-state index contributed by atoms with van der Waals surface area (Å²) in [5.41, 5.74) is 1.63. The van der Waals surface area contributed by atoms with Crippen molar-refractivity contribution in [3.63, 3.8) is 0 Å². The highest BCUT2D eigenvalue weighted by molar-refractivity contribution is 5.72. The average molecular weight is 523 g/mol. The molecule has 198 valence electrons. The highest BCUT2D eigenvalue weighted by Gasteiger charge is 2.58. The number of alkyl halides is 4. The second-order valence-corrected chi connectivity index (χ2v) is 10.3. The number of H-pyrrole nitrogens is 1. The number of fused-ring (bicyclic) bond motifs is 1. The Kier molecular flexibility index (Phi) is 5.55. The predicted octanol–water partition coefficient (Wildman–Crippen LogP) is 4.40. The average Bonchev–Trinajstić information content (AvgIpc) is 3.47. The number of nitrogens with zero attached hydrogens (tertiary/aromatic N) is 4. The third-order valence-electron chi connectivity index (χ3n) is 7.39. The molecular formula is C23H25F4N7O3. The van der Waals surface area contributed by atoms with Crippen LogP contribution in [0.2, 0.25) is 0 Å². The zero-order valence-electron chi connectivity index (χ0n) is 19.8. The van der Waals surface area contributed by atoms with Crippen LogP contribution in [0.3, 0.4) is 0 Å².